The summed E-state index contributed by atoms with van der Waals surface area (Å²) in [4.78, 5) is 16.1. The minimum atomic E-state index is -0.590. The average Bonchev–Trinajstić information content (AvgIpc) is 3.02. The molecular weight excluding hydrogens is 321 g/mol. The Kier molecular flexibility index (Phi) is 4.34. The third-order valence-electron chi connectivity index (χ3n) is 3.10. The lowest BCUT2D eigenvalue weighted by Gasteiger charge is -2.02. The third-order valence-corrected chi connectivity index (χ3v) is 3.43. The lowest BCUT2D eigenvalue weighted by atomic mass is 10.2. The largest absolute Gasteiger partial charge is 0.343 e. The Morgan fingerprint density at radius 1 is 1.17 bits per heavy atom. The van der Waals surface area contributed by atoms with Gasteiger partial charge in [-0.05, 0) is 24.3 Å². The fourth-order valence-corrected chi connectivity index (χ4v) is 2.20. The van der Waals surface area contributed by atoms with Crippen LogP contribution in [0.15, 0.2) is 53.1 Å². The minimum Gasteiger partial charge on any atom is -0.343 e. The van der Waals surface area contributed by atoms with Crippen LogP contribution < -0.4 is 5.32 Å². The van der Waals surface area contributed by atoms with Crippen LogP contribution in [0.5, 0.6) is 0 Å². The first-order chi connectivity index (χ1) is 11.1. The van der Waals surface area contributed by atoms with Gasteiger partial charge in [-0.2, -0.15) is 4.98 Å². The van der Waals surface area contributed by atoms with Crippen LogP contribution >= 0.6 is 11.6 Å². The second-order valence-electron chi connectivity index (χ2n) is 4.65. The highest BCUT2D eigenvalue weighted by Crippen LogP contribution is 2.24. The summed E-state index contributed by atoms with van der Waals surface area (Å²) in [5.41, 5.74) is 0.586. The van der Waals surface area contributed by atoms with Crippen LogP contribution in [0.1, 0.15) is 16.2 Å². The van der Waals surface area contributed by atoms with Gasteiger partial charge in [0.15, 0.2) is 0 Å². The number of nitrogens with zero attached hydrogens (tertiary/aromatic N) is 2. The lowest BCUT2D eigenvalue weighted by Crippen LogP contribution is -2.23. The summed E-state index contributed by atoms with van der Waals surface area (Å²) in [5, 5.41) is 6.84. The number of hydrogen-bond donors (Lipinski definition) is 1. The third kappa shape index (κ3) is 3.37. The van der Waals surface area contributed by atoms with Crippen molar-refractivity contribution in [3.05, 3.63) is 70.8 Å². The first-order valence-corrected chi connectivity index (χ1v) is 7.13. The minimum absolute atomic E-state index is 0.00931. The van der Waals surface area contributed by atoms with E-state index >= 15 is 0 Å². The number of amides is 1. The normalized spacial score (nSPS) is 10.5. The number of benzene rings is 2. The zero-order valence-corrected chi connectivity index (χ0v) is 12.5. The molecule has 2 aromatic carbocycles. The number of aromatic nitrogens is 2. The summed E-state index contributed by atoms with van der Waals surface area (Å²) >= 11 is 6.06. The van der Waals surface area contributed by atoms with Gasteiger partial charge < -0.3 is 9.84 Å². The van der Waals surface area contributed by atoms with Gasteiger partial charge in [0.2, 0.25) is 11.7 Å². The van der Waals surface area contributed by atoms with Crippen LogP contribution in [0.3, 0.4) is 0 Å². The highest BCUT2D eigenvalue weighted by Gasteiger charge is 2.14. The molecule has 116 valence electrons. The molecular formula is C16H11ClFN3O2. The number of nitrogens with one attached hydrogen (secondary N) is 1. The summed E-state index contributed by atoms with van der Waals surface area (Å²) in [5.74, 6) is -0.622. The Hall–Kier alpha value is -2.73. The lowest BCUT2D eigenvalue weighted by molar-refractivity contribution is 0.0942. The van der Waals surface area contributed by atoms with E-state index in [9.17, 15) is 9.18 Å². The van der Waals surface area contributed by atoms with Gasteiger partial charge >= 0.3 is 0 Å². The molecule has 0 saturated heterocycles. The Balaban J connectivity index is 1.70. The van der Waals surface area contributed by atoms with E-state index in [4.69, 9.17) is 16.1 Å². The molecule has 1 heterocycles. The molecule has 0 radical (unpaired) electrons. The first-order valence-electron chi connectivity index (χ1n) is 6.75. The average molecular weight is 332 g/mol. The molecule has 1 N–H and O–H groups in total. The van der Waals surface area contributed by atoms with Crippen molar-refractivity contribution in [1.29, 1.82) is 0 Å². The van der Waals surface area contributed by atoms with E-state index in [2.05, 4.69) is 15.5 Å². The fraction of sp³-hybridized carbons (Fsp3) is 0.0625. The van der Waals surface area contributed by atoms with Crippen molar-refractivity contribution in [2.24, 2.45) is 0 Å². The standard InChI is InChI=1S/C16H11ClFN3O2/c17-12-7-3-1-5-10(12)15-20-14(23-21-15)9-19-16(22)11-6-2-4-8-13(11)18/h1-8H,9H2,(H,19,22). The maximum absolute atomic E-state index is 13.5. The number of halogens is 2. The molecule has 0 spiro atoms. The van der Waals surface area contributed by atoms with E-state index in [1.165, 1.54) is 18.2 Å². The summed E-state index contributed by atoms with van der Waals surface area (Å²) in [6.07, 6.45) is 0. The number of carbonyl (C=O) groups excluding carboxylic acids is 1. The van der Waals surface area contributed by atoms with Crippen LogP contribution in [0.4, 0.5) is 4.39 Å². The predicted molar refractivity (Wildman–Crippen MR) is 82.3 cm³/mol. The Labute approximate surface area is 136 Å². The van der Waals surface area contributed by atoms with Gasteiger partial charge in [0.25, 0.3) is 5.91 Å². The van der Waals surface area contributed by atoms with Gasteiger partial charge in [-0.15, -0.1) is 0 Å². The molecule has 3 rings (SSSR count). The Morgan fingerprint density at radius 3 is 2.70 bits per heavy atom. The number of carbonyl (C=O) groups is 1. The highest BCUT2D eigenvalue weighted by molar-refractivity contribution is 6.33. The van der Waals surface area contributed by atoms with Gasteiger partial charge in [-0.3, -0.25) is 4.79 Å². The van der Waals surface area contributed by atoms with Gasteiger partial charge in [-0.1, -0.05) is 41.0 Å². The number of rotatable bonds is 4. The Bertz CT molecular complexity index is 851. The SMILES string of the molecule is O=C(NCc1nc(-c2ccccc2Cl)no1)c1ccccc1F. The quantitative estimate of drug-likeness (QED) is 0.795. The molecule has 0 unspecified atom stereocenters. The fourth-order valence-electron chi connectivity index (χ4n) is 1.98. The van der Waals surface area contributed by atoms with E-state index in [-0.39, 0.29) is 18.0 Å². The zero-order valence-electron chi connectivity index (χ0n) is 11.8. The van der Waals surface area contributed by atoms with Crippen LogP contribution in [0.2, 0.25) is 5.02 Å². The van der Waals surface area contributed by atoms with Gasteiger partial charge in [0, 0.05) is 5.56 Å². The van der Waals surface area contributed by atoms with Crippen molar-refractivity contribution in [2.75, 3.05) is 0 Å². The molecule has 1 amide bonds. The summed E-state index contributed by atoms with van der Waals surface area (Å²) in [6, 6.07) is 12.8. The summed E-state index contributed by atoms with van der Waals surface area (Å²) in [6.45, 7) is -0.00931. The van der Waals surface area contributed by atoms with Crippen molar-refractivity contribution in [3.63, 3.8) is 0 Å². The van der Waals surface area contributed by atoms with Crippen LogP contribution in [0, 0.1) is 5.82 Å². The van der Waals surface area contributed by atoms with E-state index < -0.39 is 11.7 Å². The molecule has 0 saturated carbocycles. The molecule has 1 aromatic heterocycles. The van der Waals surface area contributed by atoms with Crippen molar-refractivity contribution < 1.29 is 13.7 Å². The molecule has 0 fully saturated rings. The molecule has 0 aliphatic carbocycles. The van der Waals surface area contributed by atoms with Crippen LogP contribution in [0.25, 0.3) is 11.4 Å². The van der Waals surface area contributed by atoms with E-state index in [0.29, 0.717) is 16.4 Å². The molecule has 5 nitrogen and oxygen atoms in total. The van der Waals surface area contributed by atoms with Crippen LogP contribution in [-0.4, -0.2) is 16.0 Å². The van der Waals surface area contributed by atoms with Crippen molar-refractivity contribution in [3.8, 4) is 11.4 Å². The molecule has 3 aromatic rings. The van der Waals surface area contributed by atoms with E-state index in [0.717, 1.165) is 0 Å². The van der Waals surface area contributed by atoms with Crippen LogP contribution in [-0.2, 0) is 6.54 Å². The molecule has 0 bridgehead atoms. The molecule has 0 aliphatic heterocycles. The van der Waals surface area contributed by atoms with Gasteiger partial charge in [0.05, 0.1) is 17.1 Å². The van der Waals surface area contributed by atoms with E-state index in [1.54, 1.807) is 30.3 Å². The summed E-state index contributed by atoms with van der Waals surface area (Å²) in [7, 11) is 0. The molecule has 0 atom stereocenters. The van der Waals surface area contributed by atoms with Gasteiger partial charge in [0.1, 0.15) is 5.82 Å². The van der Waals surface area contributed by atoms with E-state index in [1.807, 2.05) is 0 Å². The Morgan fingerprint density at radius 2 is 1.91 bits per heavy atom. The summed E-state index contributed by atoms with van der Waals surface area (Å²) < 4.78 is 18.6. The number of hydrogen-bond acceptors (Lipinski definition) is 4. The second kappa shape index (κ2) is 6.58. The van der Waals surface area contributed by atoms with Crippen molar-refractivity contribution in [2.45, 2.75) is 6.54 Å². The molecule has 23 heavy (non-hydrogen) atoms. The maximum atomic E-state index is 13.5. The molecule has 7 heteroatoms. The topological polar surface area (TPSA) is 68.0 Å². The first kappa shape index (κ1) is 15.2. The van der Waals surface area contributed by atoms with Crippen molar-refractivity contribution >= 4 is 17.5 Å². The maximum Gasteiger partial charge on any atom is 0.254 e. The second-order valence-corrected chi connectivity index (χ2v) is 5.06. The monoisotopic (exact) mass is 331 g/mol. The smallest absolute Gasteiger partial charge is 0.254 e. The zero-order chi connectivity index (χ0) is 16.2. The van der Waals surface area contributed by atoms with Crippen molar-refractivity contribution in [1.82, 2.24) is 15.5 Å². The molecule has 0 aliphatic rings. The van der Waals surface area contributed by atoms with Gasteiger partial charge in [-0.25, -0.2) is 4.39 Å². The highest BCUT2D eigenvalue weighted by atomic mass is 35.5. The predicted octanol–water partition coefficient (Wildman–Crippen LogP) is 3.46.